The summed E-state index contributed by atoms with van der Waals surface area (Å²) < 4.78 is 10.4. The molecule has 0 spiro atoms. The molecule has 1 fully saturated rings. The lowest BCUT2D eigenvalue weighted by atomic mass is 10.1. The number of fused-ring (bicyclic) bond motifs is 1. The van der Waals surface area contributed by atoms with Crippen LogP contribution >= 0.6 is 0 Å². The number of rotatable bonds is 7. The average Bonchev–Trinajstić information content (AvgIpc) is 2.85. The maximum atomic E-state index is 13.4. The number of aryl methyl sites for hydroxylation is 1. The molecule has 11 nitrogen and oxygen atoms in total. The van der Waals surface area contributed by atoms with Gasteiger partial charge in [0.15, 0.2) is 5.43 Å². The predicted molar refractivity (Wildman–Crippen MR) is 141 cm³/mol. The minimum atomic E-state index is -1.04. The highest BCUT2D eigenvalue weighted by Gasteiger charge is 2.31. The van der Waals surface area contributed by atoms with Gasteiger partial charge in [0, 0.05) is 49.6 Å². The first-order valence-corrected chi connectivity index (χ1v) is 12.7. The van der Waals surface area contributed by atoms with Crippen LogP contribution in [0.1, 0.15) is 56.6 Å². The molecular weight excluding hydrogens is 492 g/mol. The Bertz CT molecular complexity index is 1260. The number of H-pyrrole nitrogens is 1. The van der Waals surface area contributed by atoms with Crippen molar-refractivity contribution in [2.75, 3.05) is 32.8 Å². The lowest BCUT2D eigenvalue weighted by molar-refractivity contribution is -0.155. The number of piperazine rings is 1. The van der Waals surface area contributed by atoms with Gasteiger partial charge in [-0.25, -0.2) is 4.79 Å². The van der Waals surface area contributed by atoms with Crippen LogP contribution in [0.5, 0.6) is 0 Å². The van der Waals surface area contributed by atoms with Gasteiger partial charge in [-0.15, -0.1) is 0 Å². The van der Waals surface area contributed by atoms with E-state index in [1.807, 2.05) is 13.0 Å². The van der Waals surface area contributed by atoms with Gasteiger partial charge in [-0.2, -0.15) is 0 Å². The molecule has 0 saturated carbocycles. The number of aromatic amines is 1. The number of nitrogens with one attached hydrogen (secondary N) is 2. The molecule has 0 aliphatic carbocycles. The van der Waals surface area contributed by atoms with E-state index in [0.29, 0.717) is 10.9 Å². The maximum Gasteiger partial charge on any atom is 0.409 e. The Kier molecular flexibility index (Phi) is 9.13. The summed E-state index contributed by atoms with van der Waals surface area (Å²) in [5, 5.41) is 3.15. The van der Waals surface area contributed by atoms with Gasteiger partial charge in [-0.1, -0.05) is 11.6 Å². The SMILES string of the molecule is CCOC(=O)N1CCN(C(=O)C(CCC(=O)OC(C)(C)C)NC(=O)c2cc(=O)c3cc(C)ccc3[nH]2)CC1. The number of carbonyl (C=O) groups is 4. The number of ether oxygens (including phenoxy) is 2. The quantitative estimate of drug-likeness (QED) is 0.526. The van der Waals surface area contributed by atoms with Gasteiger partial charge in [0.25, 0.3) is 5.91 Å². The molecule has 1 aromatic carbocycles. The van der Waals surface area contributed by atoms with E-state index in [-0.39, 0.29) is 62.7 Å². The first-order valence-electron chi connectivity index (χ1n) is 12.7. The normalized spacial score (nSPS) is 14.7. The van der Waals surface area contributed by atoms with Crippen molar-refractivity contribution in [3.8, 4) is 0 Å². The summed E-state index contributed by atoms with van der Waals surface area (Å²) in [7, 11) is 0. The van der Waals surface area contributed by atoms with E-state index in [2.05, 4.69) is 10.3 Å². The molecule has 0 bridgehead atoms. The Morgan fingerprint density at radius 3 is 2.34 bits per heavy atom. The molecule has 11 heteroatoms. The van der Waals surface area contributed by atoms with E-state index in [0.717, 1.165) is 5.56 Å². The summed E-state index contributed by atoms with van der Waals surface area (Å²) in [5.74, 6) is -1.52. The van der Waals surface area contributed by atoms with Crippen molar-refractivity contribution in [2.45, 2.75) is 59.1 Å². The maximum absolute atomic E-state index is 13.4. The molecule has 0 radical (unpaired) electrons. The van der Waals surface area contributed by atoms with Gasteiger partial charge >= 0.3 is 12.1 Å². The summed E-state index contributed by atoms with van der Waals surface area (Å²) in [5.41, 5.74) is 0.413. The number of carbonyl (C=O) groups excluding carboxylic acids is 4. The number of nitrogens with zero attached hydrogens (tertiary/aromatic N) is 2. The summed E-state index contributed by atoms with van der Waals surface area (Å²) >= 11 is 0. The smallest absolute Gasteiger partial charge is 0.409 e. The zero-order valence-electron chi connectivity index (χ0n) is 22.6. The molecule has 38 heavy (non-hydrogen) atoms. The molecule has 2 N–H and O–H groups in total. The van der Waals surface area contributed by atoms with Gasteiger partial charge in [0.2, 0.25) is 5.91 Å². The van der Waals surface area contributed by atoms with Crippen molar-refractivity contribution in [3.05, 3.63) is 45.7 Å². The minimum absolute atomic E-state index is 0.00792. The van der Waals surface area contributed by atoms with Crippen molar-refractivity contribution in [2.24, 2.45) is 0 Å². The van der Waals surface area contributed by atoms with Crippen LogP contribution in [0.25, 0.3) is 10.9 Å². The number of esters is 1. The highest BCUT2D eigenvalue weighted by atomic mass is 16.6. The molecule has 3 amide bonds. The molecular formula is C27H36N4O7. The lowest BCUT2D eigenvalue weighted by Gasteiger charge is -2.36. The molecule has 1 saturated heterocycles. The number of pyridine rings is 1. The van der Waals surface area contributed by atoms with E-state index in [4.69, 9.17) is 9.47 Å². The van der Waals surface area contributed by atoms with Crippen LogP contribution < -0.4 is 10.7 Å². The monoisotopic (exact) mass is 528 g/mol. The fraction of sp³-hybridized carbons (Fsp3) is 0.519. The number of benzene rings is 1. The zero-order valence-corrected chi connectivity index (χ0v) is 22.6. The lowest BCUT2D eigenvalue weighted by Crippen LogP contribution is -2.56. The van der Waals surface area contributed by atoms with Crippen LogP contribution in [-0.2, 0) is 19.1 Å². The Balaban J connectivity index is 1.76. The van der Waals surface area contributed by atoms with Gasteiger partial charge in [0.05, 0.1) is 6.61 Å². The highest BCUT2D eigenvalue weighted by molar-refractivity contribution is 5.98. The molecule has 1 atom stereocenters. The largest absolute Gasteiger partial charge is 0.460 e. The van der Waals surface area contributed by atoms with Crippen molar-refractivity contribution in [3.63, 3.8) is 0 Å². The summed E-state index contributed by atoms with van der Waals surface area (Å²) in [4.78, 5) is 69.6. The second kappa shape index (κ2) is 12.1. The van der Waals surface area contributed by atoms with Gasteiger partial charge < -0.3 is 29.6 Å². The zero-order chi connectivity index (χ0) is 28.0. The predicted octanol–water partition coefficient (Wildman–Crippen LogP) is 2.36. The van der Waals surface area contributed by atoms with Gasteiger partial charge in [-0.3, -0.25) is 19.2 Å². The van der Waals surface area contributed by atoms with E-state index in [1.54, 1.807) is 44.7 Å². The molecule has 3 rings (SSSR count). The standard InChI is InChI=1S/C27H36N4O7/c1-6-37-26(36)31-13-11-30(12-14-31)25(35)20(9-10-23(33)38-27(3,4)5)29-24(34)21-16-22(32)18-15-17(2)7-8-19(18)28-21/h7-8,15-16,20H,6,9-14H2,1-5H3,(H,28,32)(H,29,34). The second-order valence-electron chi connectivity index (χ2n) is 10.3. The molecule has 1 aliphatic rings. The van der Waals surface area contributed by atoms with Gasteiger partial charge in [0.1, 0.15) is 17.3 Å². The topological polar surface area (TPSA) is 138 Å². The van der Waals surface area contributed by atoms with Crippen molar-refractivity contribution in [1.29, 1.82) is 0 Å². The molecule has 1 unspecified atom stereocenters. The average molecular weight is 529 g/mol. The van der Waals surface area contributed by atoms with E-state index < -0.39 is 29.6 Å². The first kappa shape index (κ1) is 28.7. The summed E-state index contributed by atoms with van der Waals surface area (Å²) in [6, 6.07) is 5.44. The summed E-state index contributed by atoms with van der Waals surface area (Å²) in [6.07, 6.45) is -0.524. The Morgan fingerprint density at radius 2 is 1.71 bits per heavy atom. The highest BCUT2D eigenvalue weighted by Crippen LogP contribution is 2.14. The molecule has 206 valence electrons. The van der Waals surface area contributed by atoms with Crippen LogP contribution in [0.3, 0.4) is 0 Å². The molecule has 1 aliphatic heterocycles. The van der Waals surface area contributed by atoms with Crippen molar-refractivity contribution >= 4 is 34.8 Å². The number of hydrogen-bond donors (Lipinski definition) is 2. The van der Waals surface area contributed by atoms with E-state index >= 15 is 0 Å². The van der Waals surface area contributed by atoms with Crippen LogP contribution in [0.15, 0.2) is 29.1 Å². The number of aromatic nitrogens is 1. The fourth-order valence-corrected chi connectivity index (χ4v) is 4.18. The second-order valence-corrected chi connectivity index (χ2v) is 10.3. The van der Waals surface area contributed by atoms with Crippen LogP contribution in [0.2, 0.25) is 0 Å². The van der Waals surface area contributed by atoms with Crippen LogP contribution in [-0.4, -0.2) is 83.1 Å². The minimum Gasteiger partial charge on any atom is -0.460 e. The third kappa shape index (κ3) is 7.56. The van der Waals surface area contributed by atoms with Gasteiger partial charge in [-0.05, 0) is 53.2 Å². The molecule has 2 aromatic rings. The number of amides is 3. The molecule has 1 aromatic heterocycles. The first-order chi connectivity index (χ1) is 17.9. The molecule has 2 heterocycles. The van der Waals surface area contributed by atoms with Crippen LogP contribution in [0.4, 0.5) is 4.79 Å². The Labute approximate surface area is 221 Å². The number of hydrogen-bond acceptors (Lipinski definition) is 7. The van der Waals surface area contributed by atoms with Crippen LogP contribution in [0, 0.1) is 6.92 Å². The van der Waals surface area contributed by atoms with E-state index in [9.17, 15) is 24.0 Å². The third-order valence-corrected chi connectivity index (χ3v) is 6.01. The Morgan fingerprint density at radius 1 is 1.05 bits per heavy atom. The fourth-order valence-electron chi connectivity index (χ4n) is 4.18. The third-order valence-electron chi connectivity index (χ3n) is 6.01. The Hall–Kier alpha value is -3.89. The van der Waals surface area contributed by atoms with Crippen molar-refractivity contribution < 1.29 is 28.7 Å². The summed E-state index contributed by atoms with van der Waals surface area (Å²) in [6.45, 7) is 10.2. The van der Waals surface area contributed by atoms with E-state index in [1.165, 1.54) is 11.0 Å². The van der Waals surface area contributed by atoms with Crippen molar-refractivity contribution in [1.82, 2.24) is 20.1 Å².